The van der Waals surface area contributed by atoms with Crippen molar-refractivity contribution in [2.45, 2.75) is 13.0 Å². The summed E-state index contributed by atoms with van der Waals surface area (Å²) in [6.07, 6.45) is 1.37. The predicted octanol–water partition coefficient (Wildman–Crippen LogP) is 2.31. The van der Waals surface area contributed by atoms with Gasteiger partial charge < -0.3 is 5.73 Å². The summed E-state index contributed by atoms with van der Waals surface area (Å²) in [6, 6.07) is 10.7. The minimum Gasteiger partial charge on any atom is -0.330 e. The summed E-state index contributed by atoms with van der Waals surface area (Å²) >= 11 is 0. The second kappa shape index (κ2) is 5.57. The van der Waals surface area contributed by atoms with Gasteiger partial charge in [0.05, 0.1) is 0 Å². The molecule has 0 radical (unpaired) electrons. The van der Waals surface area contributed by atoms with E-state index in [9.17, 15) is 0 Å². The second-order valence-corrected chi connectivity index (χ2v) is 5.13. The van der Waals surface area contributed by atoms with Crippen LogP contribution in [0.5, 0.6) is 0 Å². The summed E-state index contributed by atoms with van der Waals surface area (Å²) in [4.78, 5) is 2.53. The Kier molecular flexibility index (Phi) is 4.85. The summed E-state index contributed by atoms with van der Waals surface area (Å²) in [5.41, 5.74) is 7.77. The van der Waals surface area contributed by atoms with Crippen molar-refractivity contribution >= 4 is 24.8 Å². The van der Waals surface area contributed by atoms with Crippen molar-refractivity contribution in [3.8, 4) is 0 Å². The van der Waals surface area contributed by atoms with Crippen LogP contribution >= 0.6 is 24.8 Å². The van der Waals surface area contributed by atoms with E-state index in [0.29, 0.717) is 5.41 Å². The number of benzene rings is 1. The molecule has 17 heavy (non-hydrogen) atoms. The zero-order valence-corrected chi connectivity index (χ0v) is 11.5. The molecule has 1 saturated carbocycles. The lowest BCUT2D eigenvalue weighted by atomic mass is 9.93. The van der Waals surface area contributed by atoms with Gasteiger partial charge >= 0.3 is 0 Å². The first-order chi connectivity index (χ1) is 7.32. The molecular formula is C13H20Cl2N2. The smallest absolute Gasteiger partial charge is 0.0234 e. The first-order valence-electron chi connectivity index (χ1n) is 5.79. The lowest BCUT2D eigenvalue weighted by molar-refractivity contribution is 0.0623. The largest absolute Gasteiger partial charge is 0.330 e. The average molecular weight is 275 g/mol. The Balaban J connectivity index is 0.000000722. The Morgan fingerprint density at radius 3 is 2.35 bits per heavy atom. The molecule has 2 fully saturated rings. The average Bonchev–Trinajstić information content (AvgIpc) is 2.93. The van der Waals surface area contributed by atoms with Gasteiger partial charge in [0.25, 0.3) is 0 Å². The van der Waals surface area contributed by atoms with Gasteiger partial charge in [-0.3, -0.25) is 4.90 Å². The molecule has 1 aliphatic heterocycles. The molecule has 96 valence electrons. The lowest BCUT2D eigenvalue weighted by Crippen LogP contribution is -2.49. The topological polar surface area (TPSA) is 29.3 Å². The van der Waals surface area contributed by atoms with Crippen LogP contribution < -0.4 is 5.73 Å². The Hall–Kier alpha value is -0.280. The number of nitrogens with zero attached hydrogens (tertiary/aromatic N) is 1. The van der Waals surface area contributed by atoms with Crippen LogP contribution in [-0.2, 0) is 6.54 Å². The van der Waals surface area contributed by atoms with Gasteiger partial charge in [-0.25, -0.2) is 0 Å². The van der Waals surface area contributed by atoms with E-state index in [2.05, 4.69) is 35.2 Å². The zero-order valence-electron chi connectivity index (χ0n) is 9.84. The Morgan fingerprint density at radius 1 is 1.18 bits per heavy atom. The van der Waals surface area contributed by atoms with Crippen LogP contribution in [-0.4, -0.2) is 24.5 Å². The Bertz CT molecular complexity index is 350. The summed E-state index contributed by atoms with van der Waals surface area (Å²) in [7, 11) is 0. The highest BCUT2D eigenvalue weighted by Gasteiger charge is 2.59. The molecule has 1 saturated heterocycles. The highest BCUT2D eigenvalue weighted by molar-refractivity contribution is 5.85. The van der Waals surface area contributed by atoms with Crippen LogP contribution in [0.3, 0.4) is 0 Å². The molecule has 1 aromatic carbocycles. The fourth-order valence-corrected chi connectivity index (χ4v) is 2.95. The van der Waals surface area contributed by atoms with E-state index in [0.717, 1.165) is 19.0 Å². The lowest BCUT2D eigenvalue weighted by Gasteiger charge is -2.41. The van der Waals surface area contributed by atoms with E-state index >= 15 is 0 Å². The molecular weight excluding hydrogens is 255 g/mol. The van der Waals surface area contributed by atoms with Crippen LogP contribution in [0, 0.1) is 11.3 Å². The van der Waals surface area contributed by atoms with Gasteiger partial charge in [0.2, 0.25) is 0 Å². The van der Waals surface area contributed by atoms with Gasteiger partial charge in [-0.1, -0.05) is 30.3 Å². The third kappa shape index (κ3) is 2.76. The SMILES string of the molecule is Cl.Cl.NCC1CC12CN(Cc1ccccc1)C2. The molecule has 1 spiro atoms. The molecule has 2 aliphatic rings. The molecule has 1 aromatic rings. The zero-order chi connectivity index (χ0) is 10.3. The first-order valence-corrected chi connectivity index (χ1v) is 5.79. The fourth-order valence-electron chi connectivity index (χ4n) is 2.95. The molecule has 3 rings (SSSR count). The highest BCUT2D eigenvalue weighted by Crippen LogP contribution is 2.58. The van der Waals surface area contributed by atoms with Gasteiger partial charge in [0, 0.05) is 25.0 Å². The maximum atomic E-state index is 5.70. The van der Waals surface area contributed by atoms with Gasteiger partial charge in [-0.2, -0.15) is 0 Å². The maximum Gasteiger partial charge on any atom is 0.0234 e. The first kappa shape index (κ1) is 14.8. The van der Waals surface area contributed by atoms with Crippen molar-refractivity contribution < 1.29 is 0 Å². The van der Waals surface area contributed by atoms with Gasteiger partial charge in [0.15, 0.2) is 0 Å². The van der Waals surface area contributed by atoms with Gasteiger partial charge in [-0.15, -0.1) is 24.8 Å². The van der Waals surface area contributed by atoms with Crippen molar-refractivity contribution in [1.82, 2.24) is 4.90 Å². The minimum absolute atomic E-state index is 0. The number of nitrogens with two attached hydrogens (primary N) is 1. The summed E-state index contributed by atoms with van der Waals surface area (Å²) < 4.78 is 0. The predicted molar refractivity (Wildman–Crippen MR) is 75.8 cm³/mol. The quantitative estimate of drug-likeness (QED) is 0.917. The molecule has 1 unspecified atom stereocenters. The van der Waals surface area contributed by atoms with Crippen LogP contribution in [0.4, 0.5) is 0 Å². The Morgan fingerprint density at radius 2 is 1.82 bits per heavy atom. The molecule has 2 N–H and O–H groups in total. The van der Waals surface area contributed by atoms with Crippen LogP contribution in [0.25, 0.3) is 0 Å². The van der Waals surface area contributed by atoms with Gasteiger partial charge in [0.1, 0.15) is 0 Å². The minimum atomic E-state index is 0. The third-order valence-electron chi connectivity index (χ3n) is 3.97. The molecule has 0 amide bonds. The molecule has 1 heterocycles. The third-order valence-corrected chi connectivity index (χ3v) is 3.97. The molecule has 0 aromatic heterocycles. The molecule has 1 aliphatic carbocycles. The molecule has 2 nitrogen and oxygen atoms in total. The number of hydrogen-bond acceptors (Lipinski definition) is 2. The van der Waals surface area contributed by atoms with Crippen molar-refractivity contribution in [1.29, 1.82) is 0 Å². The van der Waals surface area contributed by atoms with Crippen LogP contribution in [0.1, 0.15) is 12.0 Å². The van der Waals surface area contributed by atoms with Crippen molar-refractivity contribution in [2.24, 2.45) is 17.1 Å². The van der Waals surface area contributed by atoms with Crippen molar-refractivity contribution in [3.63, 3.8) is 0 Å². The number of hydrogen-bond donors (Lipinski definition) is 1. The van der Waals surface area contributed by atoms with E-state index in [4.69, 9.17) is 5.73 Å². The standard InChI is InChI=1S/C13H18N2.2ClH/c14-7-12-6-13(12)9-15(10-13)8-11-4-2-1-3-5-11;;/h1-5,12H,6-10,14H2;2*1H. The molecule has 0 bridgehead atoms. The second-order valence-electron chi connectivity index (χ2n) is 5.13. The number of rotatable bonds is 3. The summed E-state index contributed by atoms with van der Waals surface area (Å²) in [5.74, 6) is 0.824. The highest BCUT2D eigenvalue weighted by atomic mass is 35.5. The normalized spacial score (nSPS) is 24.4. The van der Waals surface area contributed by atoms with Crippen LogP contribution in [0.15, 0.2) is 30.3 Å². The van der Waals surface area contributed by atoms with E-state index in [1.54, 1.807) is 0 Å². The summed E-state index contributed by atoms with van der Waals surface area (Å²) in [6.45, 7) is 4.53. The van der Waals surface area contributed by atoms with E-state index in [1.165, 1.54) is 25.1 Å². The molecule has 1 atom stereocenters. The fraction of sp³-hybridized carbons (Fsp3) is 0.538. The number of likely N-dealkylation sites (tertiary alicyclic amines) is 1. The number of halogens is 2. The van der Waals surface area contributed by atoms with E-state index in [1.807, 2.05) is 0 Å². The summed E-state index contributed by atoms with van der Waals surface area (Å²) in [5, 5.41) is 0. The molecule has 4 heteroatoms. The van der Waals surface area contributed by atoms with Gasteiger partial charge in [-0.05, 0) is 24.4 Å². The van der Waals surface area contributed by atoms with E-state index < -0.39 is 0 Å². The van der Waals surface area contributed by atoms with Crippen molar-refractivity contribution in [3.05, 3.63) is 35.9 Å². The van der Waals surface area contributed by atoms with Crippen LogP contribution in [0.2, 0.25) is 0 Å². The maximum absolute atomic E-state index is 5.70. The van der Waals surface area contributed by atoms with E-state index in [-0.39, 0.29) is 24.8 Å². The Labute approximate surface area is 115 Å². The van der Waals surface area contributed by atoms with Crippen molar-refractivity contribution in [2.75, 3.05) is 19.6 Å². The monoisotopic (exact) mass is 274 g/mol.